The van der Waals surface area contributed by atoms with E-state index in [2.05, 4.69) is 0 Å². The van der Waals surface area contributed by atoms with Gasteiger partial charge in [0.05, 0.1) is 4.90 Å². The van der Waals surface area contributed by atoms with Crippen LogP contribution in [0.25, 0.3) is 0 Å². The van der Waals surface area contributed by atoms with E-state index in [1.165, 1.54) is 11.8 Å². The van der Waals surface area contributed by atoms with Crippen molar-refractivity contribution in [2.24, 2.45) is 5.73 Å². The van der Waals surface area contributed by atoms with E-state index in [-0.39, 0.29) is 0 Å². The lowest BCUT2D eigenvalue weighted by molar-refractivity contribution is 0.306. The van der Waals surface area contributed by atoms with E-state index in [9.17, 15) is 8.42 Å². The molecule has 0 amide bonds. The number of benzene rings is 2. The van der Waals surface area contributed by atoms with Gasteiger partial charge in [-0.05, 0) is 48.4 Å². The number of hydrogen-bond donors (Lipinski definition) is 1. The van der Waals surface area contributed by atoms with Crippen molar-refractivity contribution in [2.45, 2.75) is 17.9 Å². The largest absolute Gasteiger partial charge is 0.489 e. The highest BCUT2D eigenvalue weighted by Crippen LogP contribution is 2.16. The summed E-state index contributed by atoms with van der Waals surface area (Å²) in [6.45, 7) is 1.03. The van der Waals surface area contributed by atoms with Gasteiger partial charge in [0.25, 0.3) is 0 Å². The summed E-state index contributed by atoms with van der Waals surface area (Å²) >= 11 is 0. The Morgan fingerprint density at radius 3 is 2.05 bits per heavy atom. The molecule has 2 aromatic carbocycles. The molecule has 0 aliphatic heterocycles. The van der Waals surface area contributed by atoms with Crippen LogP contribution in [0.3, 0.4) is 0 Å². The van der Waals surface area contributed by atoms with Crippen LogP contribution in [0, 0.1) is 0 Å². The first kappa shape index (κ1) is 15.5. The third-order valence-corrected chi connectivity index (χ3v) is 4.24. The SMILES string of the molecule is CS(=O)(=O)c1ccc(COc2ccc(CCN)cc2)cc1. The van der Waals surface area contributed by atoms with Crippen molar-refractivity contribution in [3.8, 4) is 5.75 Å². The Hall–Kier alpha value is -1.85. The van der Waals surface area contributed by atoms with E-state index in [0.29, 0.717) is 18.0 Å². The van der Waals surface area contributed by atoms with E-state index in [1.54, 1.807) is 24.3 Å². The van der Waals surface area contributed by atoms with Crippen molar-refractivity contribution in [2.75, 3.05) is 12.8 Å². The molecule has 0 radical (unpaired) electrons. The number of nitrogens with two attached hydrogens (primary N) is 1. The summed E-state index contributed by atoms with van der Waals surface area (Å²) < 4.78 is 28.4. The first-order chi connectivity index (χ1) is 9.99. The van der Waals surface area contributed by atoms with Crippen LogP contribution in [0.5, 0.6) is 5.75 Å². The molecule has 0 saturated heterocycles. The van der Waals surface area contributed by atoms with Crippen molar-refractivity contribution < 1.29 is 13.2 Å². The second-order valence-electron chi connectivity index (χ2n) is 4.89. The predicted octanol–water partition coefficient (Wildman–Crippen LogP) is 2.17. The lowest BCUT2D eigenvalue weighted by Gasteiger charge is -2.08. The molecule has 0 aliphatic carbocycles. The Morgan fingerprint density at radius 2 is 1.52 bits per heavy atom. The number of ether oxygens (including phenoxy) is 1. The number of sulfone groups is 1. The maximum atomic E-state index is 11.4. The minimum atomic E-state index is -3.15. The highest BCUT2D eigenvalue weighted by Gasteiger charge is 2.06. The molecule has 2 rings (SSSR count). The predicted molar refractivity (Wildman–Crippen MR) is 83.1 cm³/mol. The molecule has 2 aromatic rings. The molecule has 0 spiro atoms. The molecule has 0 bridgehead atoms. The van der Waals surface area contributed by atoms with Gasteiger partial charge in [-0.25, -0.2) is 8.42 Å². The number of hydrogen-bond acceptors (Lipinski definition) is 4. The quantitative estimate of drug-likeness (QED) is 0.888. The Labute approximate surface area is 125 Å². The first-order valence-corrected chi connectivity index (χ1v) is 8.59. The molecule has 0 atom stereocenters. The van der Waals surface area contributed by atoms with Crippen LogP contribution in [-0.2, 0) is 22.9 Å². The van der Waals surface area contributed by atoms with Gasteiger partial charge in [-0.3, -0.25) is 0 Å². The van der Waals surface area contributed by atoms with Gasteiger partial charge in [-0.1, -0.05) is 24.3 Å². The molecule has 5 heteroatoms. The van der Waals surface area contributed by atoms with Gasteiger partial charge in [0, 0.05) is 6.26 Å². The fourth-order valence-electron chi connectivity index (χ4n) is 1.92. The minimum absolute atomic E-state index is 0.317. The highest BCUT2D eigenvalue weighted by molar-refractivity contribution is 7.90. The topological polar surface area (TPSA) is 69.4 Å². The van der Waals surface area contributed by atoms with Gasteiger partial charge in [0.2, 0.25) is 0 Å². The smallest absolute Gasteiger partial charge is 0.175 e. The van der Waals surface area contributed by atoms with Crippen LogP contribution in [0.2, 0.25) is 0 Å². The molecular weight excluding hydrogens is 286 g/mol. The van der Waals surface area contributed by atoms with Crippen LogP contribution in [0.15, 0.2) is 53.4 Å². The Bertz CT molecular complexity index is 676. The van der Waals surface area contributed by atoms with Gasteiger partial charge in [-0.2, -0.15) is 0 Å². The molecule has 0 unspecified atom stereocenters. The van der Waals surface area contributed by atoms with Gasteiger partial charge < -0.3 is 10.5 Å². The molecule has 21 heavy (non-hydrogen) atoms. The first-order valence-electron chi connectivity index (χ1n) is 6.70. The normalized spacial score (nSPS) is 11.3. The van der Waals surface area contributed by atoms with Gasteiger partial charge in [0.1, 0.15) is 12.4 Å². The summed E-state index contributed by atoms with van der Waals surface area (Å²) in [6.07, 6.45) is 2.05. The number of rotatable bonds is 6. The molecule has 0 aromatic heterocycles. The van der Waals surface area contributed by atoms with Crippen molar-refractivity contribution in [3.05, 3.63) is 59.7 Å². The van der Waals surface area contributed by atoms with Crippen molar-refractivity contribution >= 4 is 9.84 Å². The van der Waals surface area contributed by atoms with Crippen molar-refractivity contribution in [1.29, 1.82) is 0 Å². The molecule has 0 aliphatic rings. The Kier molecular flexibility index (Phi) is 4.98. The van der Waals surface area contributed by atoms with Crippen LogP contribution in [-0.4, -0.2) is 21.2 Å². The van der Waals surface area contributed by atoms with Gasteiger partial charge in [-0.15, -0.1) is 0 Å². The van der Waals surface area contributed by atoms with Gasteiger partial charge in [0.15, 0.2) is 9.84 Å². The van der Waals surface area contributed by atoms with E-state index < -0.39 is 9.84 Å². The van der Waals surface area contributed by atoms with Crippen molar-refractivity contribution in [1.82, 2.24) is 0 Å². The maximum absolute atomic E-state index is 11.4. The summed E-state index contributed by atoms with van der Waals surface area (Å²) in [5.41, 5.74) is 7.61. The van der Waals surface area contributed by atoms with E-state index in [1.807, 2.05) is 24.3 Å². The summed E-state index contributed by atoms with van der Waals surface area (Å²) in [5.74, 6) is 0.781. The average Bonchev–Trinajstić information content (AvgIpc) is 2.46. The van der Waals surface area contributed by atoms with Crippen LogP contribution < -0.4 is 10.5 Å². The standard InChI is InChI=1S/C16H19NO3S/c1-21(18,19)16-8-4-14(5-9-16)12-20-15-6-2-13(3-7-15)10-11-17/h2-9H,10-12,17H2,1H3. The van der Waals surface area contributed by atoms with Crippen LogP contribution in [0.1, 0.15) is 11.1 Å². The molecule has 2 N–H and O–H groups in total. The molecule has 112 valence electrons. The minimum Gasteiger partial charge on any atom is -0.489 e. The van der Waals surface area contributed by atoms with Crippen molar-refractivity contribution in [3.63, 3.8) is 0 Å². The maximum Gasteiger partial charge on any atom is 0.175 e. The van der Waals surface area contributed by atoms with Gasteiger partial charge >= 0.3 is 0 Å². The zero-order valence-electron chi connectivity index (χ0n) is 12.0. The Morgan fingerprint density at radius 1 is 0.952 bits per heavy atom. The van der Waals surface area contributed by atoms with Crippen LogP contribution in [0.4, 0.5) is 0 Å². The second kappa shape index (κ2) is 6.74. The molecule has 4 nitrogen and oxygen atoms in total. The summed E-state index contributed by atoms with van der Waals surface area (Å²) in [4.78, 5) is 0.317. The fraction of sp³-hybridized carbons (Fsp3) is 0.250. The third-order valence-electron chi connectivity index (χ3n) is 3.11. The summed E-state index contributed by atoms with van der Waals surface area (Å²) in [5, 5.41) is 0. The average molecular weight is 305 g/mol. The Balaban J connectivity index is 1.96. The molecule has 0 fully saturated rings. The monoisotopic (exact) mass is 305 g/mol. The molecule has 0 heterocycles. The second-order valence-corrected chi connectivity index (χ2v) is 6.90. The zero-order chi connectivity index (χ0) is 15.3. The lowest BCUT2D eigenvalue weighted by atomic mass is 10.1. The fourth-order valence-corrected chi connectivity index (χ4v) is 2.55. The van der Waals surface area contributed by atoms with E-state index in [4.69, 9.17) is 10.5 Å². The van der Waals surface area contributed by atoms with Crippen LogP contribution >= 0.6 is 0 Å². The summed E-state index contributed by atoms with van der Waals surface area (Å²) in [6, 6.07) is 14.5. The third kappa shape index (κ3) is 4.58. The molecular formula is C16H19NO3S. The van der Waals surface area contributed by atoms with E-state index >= 15 is 0 Å². The summed E-state index contributed by atoms with van der Waals surface area (Å²) in [7, 11) is -3.15. The van der Waals surface area contributed by atoms with E-state index in [0.717, 1.165) is 17.7 Å². The molecule has 0 saturated carbocycles. The zero-order valence-corrected chi connectivity index (χ0v) is 12.8. The highest BCUT2D eigenvalue weighted by atomic mass is 32.2. The lowest BCUT2D eigenvalue weighted by Crippen LogP contribution is -2.02.